The average Bonchev–Trinajstić information content (AvgIpc) is 3.28. The number of hydrogen-bond donors (Lipinski definition) is 4. The molecule has 30 heavy (non-hydrogen) atoms. The van der Waals surface area contributed by atoms with Gasteiger partial charge in [0.05, 0.1) is 6.26 Å². The summed E-state index contributed by atoms with van der Waals surface area (Å²) in [5, 5.41) is 17.7. The summed E-state index contributed by atoms with van der Waals surface area (Å²) in [7, 11) is 0. The fraction of sp³-hybridized carbons (Fsp3) is 0.238. The monoisotopic (exact) mass is 411 g/mol. The molecule has 156 valence electrons. The third-order valence-corrected chi connectivity index (χ3v) is 4.48. The van der Waals surface area contributed by atoms with Crippen molar-refractivity contribution in [1.82, 2.24) is 0 Å². The molecule has 9 heteroatoms. The summed E-state index contributed by atoms with van der Waals surface area (Å²) in [4.78, 5) is 47.2. The number of carbonyl (C=O) groups excluding carboxylic acids is 1. The molecule has 0 aliphatic heterocycles. The van der Waals surface area contributed by atoms with Crippen LogP contribution in [-0.4, -0.2) is 29.6 Å². The Morgan fingerprint density at radius 3 is 2.37 bits per heavy atom. The highest BCUT2D eigenvalue weighted by Gasteiger charge is 2.26. The molecule has 0 aliphatic rings. The lowest BCUT2D eigenvalue weighted by atomic mass is 10.0. The molecule has 9 nitrogen and oxygen atoms in total. The van der Waals surface area contributed by atoms with Gasteiger partial charge in [0.25, 0.3) is 16.8 Å². The van der Waals surface area contributed by atoms with Crippen molar-refractivity contribution in [2.45, 2.75) is 25.8 Å². The normalized spacial score (nSPS) is 11.8. The number of carboxylic acids is 1. The molecule has 1 unspecified atom stereocenters. The van der Waals surface area contributed by atoms with E-state index in [0.717, 1.165) is 6.42 Å². The van der Waals surface area contributed by atoms with Crippen LogP contribution in [-0.2, 0) is 11.2 Å². The number of benzene rings is 1. The number of furan rings is 1. The topological polar surface area (TPSA) is 138 Å². The first-order valence-electron chi connectivity index (χ1n) is 9.41. The van der Waals surface area contributed by atoms with Gasteiger partial charge in [-0.25, -0.2) is 4.79 Å². The molecule has 2 aromatic carbocycles. The summed E-state index contributed by atoms with van der Waals surface area (Å²) >= 11 is 0. The summed E-state index contributed by atoms with van der Waals surface area (Å²) in [6.45, 7) is 2.41. The van der Waals surface area contributed by atoms with Gasteiger partial charge in [0.2, 0.25) is 0 Å². The molecule has 1 atom stereocenters. The van der Waals surface area contributed by atoms with E-state index in [-0.39, 0.29) is 23.6 Å². The molecule has 0 aliphatic carbocycles. The van der Waals surface area contributed by atoms with Crippen LogP contribution >= 0.6 is 0 Å². The molecule has 1 aromatic heterocycles. The second kappa shape index (κ2) is 9.08. The van der Waals surface area contributed by atoms with E-state index in [4.69, 9.17) is 4.42 Å². The first-order chi connectivity index (χ1) is 14.4. The minimum atomic E-state index is -1.15. The second-order valence-electron chi connectivity index (χ2n) is 6.70. The quantitative estimate of drug-likeness (QED) is 0.372. The highest BCUT2D eigenvalue weighted by Crippen LogP contribution is 2.18. The zero-order chi connectivity index (χ0) is 21.7. The van der Waals surface area contributed by atoms with Crippen LogP contribution in [0.5, 0.6) is 0 Å². The molecule has 0 saturated carbocycles. The Labute approximate surface area is 171 Å². The smallest absolute Gasteiger partial charge is 0.326 e. The Morgan fingerprint density at radius 2 is 1.77 bits per heavy atom. The standard InChI is InChI=1S/C21H21N3O6/c1-2-9-22-16-17(19(26)18(16)25)24-14(21(28)29)11-12-5-7-13(8-6-12)23-20(27)15-4-3-10-30-15/h3-8,10,14,22,24H,2,9,11H2,1H3,(H,23,27)(H,28,29). The van der Waals surface area contributed by atoms with Gasteiger partial charge in [0.1, 0.15) is 17.4 Å². The summed E-state index contributed by atoms with van der Waals surface area (Å²) in [6, 6.07) is 8.68. The third-order valence-electron chi connectivity index (χ3n) is 4.48. The van der Waals surface area contributed by atoms with Gasteiger partial charge in [-0.2, -0.15) is 0 Å². The van der Waals surface area contributed by atoms with Gasteiger partial charge >= 0.3 is 5.97 Å². The summed E-state index contributed by atoms with van der Waals surface area (Å²) in [5.41, 5.74) is -0.0453. The fourth-order valence-electron chi connectivity index (χ4n) is 2.88. The van der Waals surface area contributed by atoms with E-state index in [1.807, 2.05) is 6.92 Å². The molecule has 0 radical (unpaired) electrons. The minimum Gasteiger partial charge on any atom is -0.480 e. The van der Waals surface area contributed by atoms with Crippen LogP contribution in [0.25, 0.3) is 0 Å². The van der Waals surface area contributed by atoms with Gasteiger partial charge in [-0.1, -0.05) is 19.1 Å². The molecule has 0 saturated heterocycles. The zero-order valence-electron chi connectivity index (χ0n) is 16.2. The van der Waals surface area contributed by atoms with E-state index in [9.17, 15) is 24.3 Å². The van der Waals surface area contributed by atoms with E-state index in [1.165, 1.54) is 12.3 Å². The van der Waals surface area contributed by atoms with Crippen molar-refractivity contribution in [2.75, 3.05) is 22.5 Å². The average molecular weight is 411 g/mol. The molecule has 0 bridgehead atoms. The van der Waals surface area contributed by atoms with E-state index < -0.39 is 28.8 Å². The fourth-order valence-corrected chi connectivity index (χ4v) is 2.88. The molecule has 1 heterocycles. The zero-order valence-corrected chi connectivity index (χ0v) is 16.2. The van der Waals surface area contributed by atoms with Crippen LogP contribution in [0.1, 0.15) is 29.5 Å². The number of aliphatic carboxylic acids is 1. The van der Waals surface area contributed by atoms with Crippen molar-refractivity contribution >= 4 is 28.9 Å². The predicted molar refractivity (Wildman–Crippen MR) is 112 cm³/mol. The van der Waals surface area contributed by atoms with Crippen molar-refractivity contribution < 1.29 is 19.1 Å². The van der Waals surface area contributed by atoms with E-state index in [0.29, 0.717) is 17.8 Å². The van der Waals surface area contributed by atoms with Crippen LogP contribution in [0.2, 0.25) is 0 Å². The first kappa shape index (κ1) is 20.8. The lowest BCUT2D eigenvalue weighted by molar-refractivity contribution is -0.137. The van der Waals surface area contributed by atoms with Gasteiger partial charge in [-0.15, -0.1) is 0 Å². The molecular weight excluding hydrogens is 390 g/mol. The Balaban J connectivity index is 1.67. The van der Waals surface area contributed by atoms with Crippen molar-refractivity contribution in [3.63, 3.8) is 0 Å². The maximum atomic E-state index is 12.0. The highest BCUT2D eigenvalue weighted by atomic mass is 16.4. The van der Waals surface area contributed by atoms with Crippen LogP contribution in [0.4, 0.5) is 17.1 Å². The second-order valence-corrected chi connectivity index (χ2v) is 6.70. The number of rotatable bonds is 10. The summed E-state index contributed by atoms with van der Waals surface area (Å²) < 4.78 is 5.03. The van der Waals surface area contributed by atoms with Crippen LogP contribution < -0.4 is 26.8 Å². The Kier molecular flexibility index (Phi) is 6.31. The lowest BCUT2D eigenvalue weighted by Gasteiger charge is -2.20. The third kappa shape index (κ3) is 4.57. The van der Waals surface area contributed by atoms with Crippen molar-refractivity contribution in [3.05, 3.63) is 74.4 Å². The number of carboxylic acid groups (broad SMARTS) is 1. The molecule has 3 aromatic rings. The van der Waals surface area contributed by atoms with Crippen molar-refractivity contribution in [3.8, 4) is 0 Å². The van der Waals surface area contributed by atoms with Crippen LogP contribution in [0, 0.1) is 0 Å². The number of hydrogen-bond acceptors (Lipinski definition) is 7. The maximum Gasteiger partial charge on any atom is 0.326 e. The SMILES string of the molecule is CCCNc1c(NC(Cc2ccc(NC(=O)c3ccco3)cc2)C(=O)O)c(=O)c1=O. The van der Waals surface area contributed by atoms with Gasteiger partial charge < -0.3 is 25.5 Å². The number of nitrogens with one attached hydrogen (secondary N) is 3. The Hall–Kier alpha value is -3.88. The van der Waals surface area contributed by atoms with Gasteiger partial charge in [0.15, 0.2) is 5.76 Å². The molecule has 3 rings (SSSR count). The predicted octanol–water partition coefficient (Wildman–Crippen LogP) is 2.06. The van der Waals surface area contributed by atoms with Crippen LogP contribution in [0.15, 0.2) is 56.7 Å². The Morgan fingerprint density at radius 1 is 1.07 bits per heavy atom. The van der Waals surface area contributed by atoms with Crippen molar-refractivity contribution in [2.24, 2.45) is 0 Å². The number of anilines is 3. The largest absolute Gasteiger partial charge is 0.480 e. The highest BCUT2D eigenvalue weighted by molar-refractivity contribution is 6.02. The lowest BCUT2D eigenvalue weighted by Crippen LogP contribution is -2.42. The van der Waals surface area contributed by atoms with Crippen molar-refractivity contribution in [1.29, 1.82) is 0 Å². The van der Waals surface area contributed by atoms with Gasteiger partial charge in [-0.3, -0.25) is 14.4 Å². The molecule has 0 fully saturated rings. The minimum absolute atomic E-state index is 0.00295. The van der Waals surface area contributed by atoms with Gasteiger partial charge in [0, 0.05) is 18.7 Å². The summed E-state index contributed by atoms with van der Waals surface area (Å²) in [6.07, 6.45) is 2.23. The summed E-state index contributed by atoms with van der Waals surface area (Å²) in [5.74, 6) is -1.38. The van der Waals surface area contributed by atoms with Gasteiger partial charge in [-0.05, 0) is 36.2 Å². The van der Waals surface area contributed by atoms with E-state index in [1.54, 1.807) is 30.3 Å². The molecular formula is C21H21N3O6. The first-order valence-corrected chi connectivity index (χ1v) is 9.41. The molecule has 4 N–H and O–H groups in total. The molecule has 0 spiro atoms. The van der Waals surface area contributed by atoms with Crippen LogP contribution in [0.3, 0.4) is 0 Å². The molecule has 1 amide bonds. The number of carbonyl (C=O) groups is 2. The maximum absolute atomic E-state index is 12.0. The van der Waals surface area contributed by atoms with E-state index in [2.05, 4.69) is 16.0 Å². The van der Waals surface area contributed by atoms with E-state index >= 15 is 0 Å². The Bertz CT molecular complexity index is 1100. The number of amides is 1.